The number of ketones is 1. The van der Waals surface area contributed by atoms with Crippen molar-refractivity contribution in [2.45, 2.75) is 143 Å². The molecule has 8 nitrogen and oxygen atoms in total. The predicted octanol–water partition coefficient (Wildman–Crippen LogP) is 5.00. The standard InChI is InChI=1S/C28H52N2O6/c1-25(2,3)21(31)14-17-28(18-15-23(33)35-26(4,5)6,19-16-24(34)36-27(7,8)9)30-22(32)13-11-10-12-20-29/h10-20,29H2,1-9H3,(H,30,32). The van der Waals surface area contributed by atoms with Crippen LogP contribution in [-0.2, 0) is 28.7 Å². The molecule has 0 saturated heterocycles. The zero-order valence-electron chi connectivity index (χ0n) is 24.3. The van der Waals surface area contributed by atoms with Gasteiger partial charge in [-0.25, -0.2) is 0 Å². The fraction of sp³-hybridized carbons (Fsp3) is 0.857. The third-order valence-corrected chi connectivity index (χ3v) is 5.64. The van der Waals surface area contributed by atoms with Crippen LogP contribution in [0.25, 0.3) is 0 Å². The van der Waals surface area contributed by atoms with Gasteiger partial charge >= 0.3 is 11.9 Å². The maximum atomic E-state index is 13.0. The Morgan fingerprint density at radius 2 is 1.08 bits per heavy atom. The summed E-state index contributed by atoms with van der Waals surface area (Å²) >= 11 is 0. The van der Waals surface area contributed by atoms with E-state index in [1.807, 2.05) is 20.8 Å². The molecule has 0 aliphatic heterocycles. The van der Waals surface area contributed by atoms with Gasteiger partial charge < -0.3 is 20.5 Å². The molecule has 0 unspecified atom stereocenters. The summed E-state index contributed by atoms with van der Waals surface area (Å²) in [6, 6.07) is 0. The predicted molar refractivity (Wildman–Crippen MR) is 142 cm³/mol. The number of carbonyl (C=O) groups excluding carboxylic acids is 4. The quantitative estimate of drug-likeness (QED) is 0.234. The minimum atomic E-state index is -0.917. The normalized spacial score (nSPS) is 12.7. The number of amides is 1. The maximum Gasteiger partial charge on any atom is 0.306 e. The number of rotatable bonds is 15. The van der Waals surface area contributed by atoms with Crippen molar-refractivity contribution in [3.05, 3.63) is 0 Å². The lowest BCUT2D eigenvalue weighted by Gasteiger charge is -2.36. The van der Waals surface area contributed by atoms with E-state index >= 15 is 0 Å². The molecule has 210 valence electrons. The van der Waals surface area contributed by atoms with E-state index in [0.29, 0.717) is 25.8 Å². The molecule has 0 spiro atoms. The monoisotopic (exact) mass is 512 g/mol. The molecule has 0 radical (unpaired) electrons. The van der Waals surface area contributed by atoms with E-state index < -0.39 is 22.2 Å². The highest BCUT2D eigenvalue weighted by Gasteiger charge is 2.36. The van der Waals surface area contributed by atoms with Crippen molar-refractivity contribution in [1.82, 2.24) is 5.32 Å². The minimum absolute atomic E-state index is 0.0543. The summed E-state index contributed by atoms with van der Waals surface area (Å²) in [4.78, 5) is 50.8. The van der Waals surface area contributed by atoms with E-state index in [0.717, 1.165) is 12.8 Å². The number of ether oxygens (including phenoxy) is 2. The zero-order valence-corrected chi connectivity index (χ0v) is 24.3. The SMILES string of the molecule is CC(C)(C)OC(=O)CCC(CCC(=O)OC(C)(C)C)(CCC(=O)C(C)(C)C)NC(=O)CCCCCN. The Morgan fingerprint density at radius 3 is 1.47 bits per heavy atom. The molecule has 0 aliphatic rings. The Kier molecular flexibility index (Phi) is 13.9. The fourth-order valence-electron chi connectivity index (χ4n) is 3.72. The summed E-state index contributed by atoms with van der Waals surface area (Å²) in [5, 5.41) is 3.11. The second-order valence-corrected chi connectivity index (χ2v) is 12.8. The Labute approximate surface area is 218 Å². The lowest BCUT2D eigenvalue weighted by atomic mass is 9.79. The number of Topliss-reactive ketones (excluding diaryl/α,β-unsaturated/α-hetero) is 1. The topological polar surface area (TPSA) is 125 Å². The van der Waals surface area contributed by atoms with Crippen LogP contribution in [0.2, 0.25) is 0 Å². The smallest absolute Gasteiger partial charge is 0.306 e. The number of esters is 2. The Balaban J connectivity index is 5.83. The van der Waals surface area contributed by atoms with Crippen molar-refractivity contribution >= 4 is 23.6 Å². The second-order valence-electron chi connectivity index (χ2n) is 12.8. The number of hydrogen-bond donors (Lipinski definition) is 2. The van der Waals surface area contributed by atoms with E-state index in [4.69, 9.17) is 15.2 Å². The first-order valence-corrected chi connectivity index (χ1v) is 13.3. The van der Waals surface area contributed by atoms with Crippen molar-refractivity contribution in [2.24, 2.45) is 11.1 Å². The molecule has 3 N–H and O–H groups in total. The third-order valence-electron chi connectivity index (χ3n) is 5.64. The lowest BCUT2D eigenvalue weighted by molar-refractivity contribution is -0.155. The van der Waals surface area contributed by atoms with Crippen molar-refractivity contribution < 1.29 is 28.7 Å². The van der Waals surface area contributed by atoms with Crippen LogP contribution >= 0.6 is 0 Å². The molecule has 0 atom stereocenters. The first kappa shape index (κ1) is 34.0. The van der Waals surface area contributed by atoms with Gasteiger partial charge in [-0.1, -0.05) is 27.2 Å². The highest BCUT2D eigenvalue weighted by molar-refractivity contribution is 5.84. The molecule has 0 fully saturated rings. The molecule has 8 heteroatoms. The van der Waals surface area contributed by atoms with Gasteiger partial charge in [0, 0.05) is 36.6 Å². The van der Waals surface area contributed by atoms with Crippen LogP contribution in [0.3, 0.4) is 0 Å². The molecule has 1 amide bonds. The van der Waals surface area contributed by atoms with Crippen molar-refractivity contribution in [3.8, 4) is 0 Å². The van der Waals surface area contributed by atoms with E-state index in [-0.39, 0.29) is 55.7 Å². The average molecular weight is 513 g/mol. The third kappa shape index (κ3) is 16.7. The second kappa shape index (κ2) is 14.7. The Bertz CT molecular complexity index is 694. The van der Waals surface area contributed by atoms with Gasteiger partial charge in [0.2, 0.25) is 5.91 Å². The Morgan fingerprint density at radius 1 is 0.639 bits per heavy atom. The van der Waals surface area contributed by atoms with Gasteiger partial charge in [0.1, 0.15) is 17.0 Å². The lowest BCUT2D eigenvalue weighted by Crippen LogP contribution is -2.50. The molecule has 0 heterocycles. The van der Waals surface area contributed by atoms with E-state index in [1.54, 1.807) is 41.5 Å². The zero-order chi connectivity index (χ0) is 28.2. The summed E-state index contributed by atoms with van der Waals surface area (Å²) in [6.45, 7) is 16.9. The van der Waals surface area contributed by atoms with Crippen LogP contribution in [0.1, 0.15) is 127 Å². The van der Waals surface area contributed by atoms with Crippen LogP contribution < -0.4 is 11.1 Å². The molecule has 0 aliphatic carbocycles. The van der Waals surface area contributed by atoms with Gasteiger partial charge in [0.25, 0.3) is 0 Å². The van der Waals surface area contributed by atoms with Gasteiger partial charge in [-0.15, -0.1) is 0 Å². The summed E-state index contributed by atoms with van der Waals surface area (Å²) in [7, 11) is 0. The summed E-state index contributed by atoms with van der Waals surface area (Å²) in [6.07, 6.45) is 3.87. The average Bonchev–Trinajstić information content (AvgIpc) is 2.68. The van der Waals surface area contributed by atoms with Crippen LogP contribution in [0.15, 0.2) is 0 Å². The Hall–Kier alpha value is -1.96. The molecular formula is C28H52N2O6. The van der Waals surface area contributed by atoms with E-state index in [9.17, 15) is 19.2 Å². The molecule has 0 saturated carbocycles. The molecule has 0 aromatic carbocycles. The number of nitrogens with one attached hydrogen (secondary N) is 1. The highest BCUT2D eigenvalue weighted by Crippen LogP contribution is 2.30. The number of carbonyl (C=O) groups is 4. The van der Waals surface area contributed by atoms with E-state index in [2.05, 4.69) is 5.32 Å². The van der Waals surface area contributed by atoms with Crippen LogP contribution in [-0.4, -0.2) is 46.9 Å². The van der Waals surface area contributed by atoms with Crippen molar-refractivity contribution in [3.63, 3.8) is 0 Å². The molecule has 0 aromatic rings. The van der Waals surface area contributed by atoms with Gasteiger partial charge in [-0.3, -0.25) is 19.2 Å². The minimum Gasteiger partial charge on any atom is -0.460 e. The highest BCUT2D eigenvalue weighted by atomic mass is 16.6. The van der Waals surface area contributed by atoms with Crippen molar-refractivity contribution in [2.75, 3.05) is 6.54 Å². The van der Waals surface area contributed by atoms with Gasteiger partial charge in [0.05, 0.1) is 0 Å². The number of unbranched alkanes of at least 4 members (excludes halogenated alkanes) is 2. The van der Waals surface area contributed by atoms with Crippen molar-refractivity contribution in [1.29, 1.82) is 0 Å². The molecule has 0 rings (SSSR count). The van der Waals surface area contributed by atoms with Gasteiger partial charge in [-0.2, -0.15) is 0 Å². The summed E-state index contributed by atoms with van der Waals surface area (Å²) in [5.74, 6) is -0.880. The van der Waals surface area contributed by atoms with Gasteiger partial charge in [-0.05, 0) is 80.2 Å². The van der Waals surface area contributed by atoms with Crippen LogP contribution in [0.4, 0.5) is 0 Å². The fourth-order valence-corrected chi connectivity index (χ4v) is 3.72. The number of hydrogen-bond acceptors (Lipinski definition) is 7. The first-order chi connectivity index (χ1) is 16.3. The van der Waals surface area contributed by atoms with Crippen LogP contribution in [0.5, 0.6) is 0 Å². The molecule has 0 bridgehead atoms. The first-order valence-electron chi connectivity index (χ1n) is 13.3. The largest absolute Gasteiger partial charge is 0.460 e. The molecule has 0 aromatic heterocycles. The summed E-state index contributed by atoms with van der Waals surface area (Å²) in [5.41, 5.74) is 2.83. The van der Waals surface area contributed by atoms with Gasteiger partial charge in [0.15, 0.2) is 0 Å². The van der Waals surface area contributed by atoms with E-state index in [1.165, 1.54) is 0 Å². The summed E-state index contributed by atoms with van der Waals surface area (Å²) < 4.78 is 11.0. The molecule has 36 heavy (non-hydrogen) atoms. The maximum absolute atomic E-state index is 13.0. The van der Waals surface area contributed by atoms with Crippen LogP contribution in [0, 0.1) is 5.41 Å². The number of nitrogens with two attached hydrogens (primary N) is 1. The molecular weight excluding hydrogens is 460 g/mol.